The number of nitrogens with zero attached hydrogens (tertiary/aromatic N) is 3. The Balaban J connectivity index is 1.59. The second-order valence-electron chi connectivity index (χ2n) is 5.75. The van der Waals surface area contributed by atoms with Crippen molar-refractivity contribution in [2.24, 2.45) is 0 Å². The Hall–Kier alpha value is -2.18. The molecule has 2 aromatic rings. The van der Waals surface area contributed by atoms with E-state index < -0.39 is 0 Å². The monoisotopic (exact) mass is 329 g/mol. The minimum absolute atomic E-state index is 0.598. The van der Waals surface area contributed by atoms with E-state index in [2.05, 4.69) is 15.1 Å². The van der Waals surface area contributed by atoms with Crippen LogP contribution in [0.25, 0.3) is 11.3 Å². The topological polar surface area (TPSA) is 56.7 Å². The molecular formula is C18H23N3O3. The van der Waals surface area contributed by atoms with E-state index in [9.17, 15) is 0 Å². The quantitative estimate of drug-likeness (QED) is 0.809. The molecule has 6 heteroatoms. The molecule has 24 heavy (non-hydrogen) atoms. The summed E-state index contributed by atoms with van der Waals surface area (Å²) in [6, 6.07) is 9.78. The number of aryl methyl sites for hydroxylation is 1. The SMILES string of the molecule is COc1ccc(-c2cc(C)c(OCCN3CCOCC3)nn2)cc1. The van der Waals surface area contributed by atoms with Gasteiger partial charge in [-0.25, -0.2) is 0 Å². The van der Waals surface area contributed by atoms with Gasteiger partial charge >= 0.3 is 0 Å². The molecule has 0 atom stereocenters. The first-order valence-electron chi connectivity index (χ1n) is 8.18. The van der Waals surface area contributed by atoms with Gasteiger partial charge in [-0.05, 0) is 37.3 Å². The first-order valence-corrected chi connectivity index (χ1v) is 8.18. The zero-order valence-corrected chi connectivity index (χ0v) is 14.2. The number of aromatic nitrogens is 2. The molecule has 6 nitrogen and oxygen atoms in total. The number of benzene rings is 1. The normalized spacial score (nSPS) is 15.2. The Morgan fingerprint density at radius 3 is 2.54 bits per heavy atom. The molecule has 0 spiro atoms. The van der Waals surface area contributed by atoms with E-state index in [-0.39, 0.29) is 0 Å². The van der Waals surface area contributed by atoms with Gasteiger partial charge in [0.1, 0.15) is 12.4 Å². The highest BCUT2D eigenvalue weighted by molar-refractivity contribution is 5.60. The first kappa shape index (κ1) is 16.7. The molecule has 1 fully saturated rings. The second kappa shape index (κ2) is 8.08. The molecule has 1 aromatic carbocycles. The molecule has 0 amide bonds. The van der Waals surface area contributed by atoms with E-state index in [1.54, 1.807) is 7.11 Å². The summed E-state index contributed by atoms with van der Waals surface area (Å²) in [7, 11) is 1.65. The molecule has 128 valence electrons. The van der Waals surface area contributed by atoms with Gasteiger partial charge in [0, 0.05) is 30.8 Å². The minimum Gasteiger partial charge on any atom is -0.497 e. The molecule has 0 radical (unpaired) electrons. The van der Waals surface area contributed by atoms with Gasteiger partial charge in [-0.1, -0.05) is 0 Å². The lowest BCUT2D eigenvalue weighted by atomic mass is 10.1. The number of ether oxygens (including phenoxy) is 3. The third-order valence-corrected chi connectivity index (χ3v) is 4.07. The lowest BCUT2D eigenvalue weighted by Gasteiger charge is -2.26. The van der Waals surface area contributed by atoms with E-state index in [0.29, 0.717) is 12.5 Å². The summed E-state index contributed by atoms with van der Waals surface area (Å²) in [5.41, 5.74) is 2.82. The van der Waals surface area contributed by atoms with E-state index in [1.807, 2.05) is 37.3 Å². The smallest absolute Gasteiger partial charge is 0.236 e. The van der Waals surface area contributed by atoms with Crippen molar-refractivity contribution in [1.82, 2.24) is 15.1 Å². The van der Waals surface area contributed by atoms with Crippen LogP contribution >= 0.6 is 0 Å². The maximum Gasteiger partial charge on any atom is 0.236 e. The zero-order valence-electron chi connectivity index (χ0n) is 14.2. The largest absolute Gasteiger partial charge is 0.497 e. The number of rotatable bonds is 6. The van der Waals surface area contributed by atoms with Crippen LogP contribution < -0.4 is 9.47 Å². The fraction of sp³-hybridized carbons (Fsp3) is 0.444. The van der Waals surface area contributed by atoms with Gasteiger partial charge in [0.2, 0.25) is 5.88 Å². The highest BCUT2D eigenvalue weighted by Crippen LogP contribution is 2.23. The van der Waals surface area contributed by atoms with Crippen LogP contribution in [0.2, 0.25) is 0 Å². The fourth-order valence-corrected chi connectivity index (χ4v) is 2.62. The summed E-state index contributed by atoms with van der Waals surface area (Å²) in [5, 5.41) is 8.51. The van der Waals surface area contributed by atoms with Crippen LogP contribution in [0.1, 0.15) is 5.56 Å². The van der Waals surface area contributed by atoms with Crippen molar-refractivity contribution in [3.63, 3.8) is 0 Å². The Morgan fingerprint density at radius 2 is 1.88 bits per heavy atom. The van der Waals surface area contributed by atoms with Gasteiger partial charge in [0.05, 0.1) is 26.0 Å². The van der Waals surface area contributed by atoms with E-state index >= 15 is 0 Å². The Bertz CT molecular complexity index is 655. The maximum absolute atomic E-state index is 5.79. The van der Waals surface area contributed by atoms with Gasteiger partial charge in [-0.2, -0.15) is 0 Å². The Kier molecular flexibility index (Phi) is 5.61. The molecule has 0 saturated carbocycles. The highest BCUT2D eigenvalue weighted by Gasteiger charge is 2.11. The lowest BCUT2D eigenvalue weighted by molar-refractivity contribution is 0.0319. The van der Waals surface area contributed by atoms with Crippen molar-refractivity contribution in [2.45, 2.75) is 6.92 Å². The van der Waals surface area contributed by atoms with E-state index in [4.69, 9.17) is 14.2 Å². The van der Waals surface area contributed by atoms with Crippen LogP contribution in [0.4, 0.5) is 0 Å². The molecular weight excluding hydrogens is 306 g/mol. The van der Waals surface area contributed by atoms with Crippen LogP contribution in [0, 0.1) is 6.92 Å². The lowest BCUT2D eigenvalue weighted by Crippen LogP contribution is -2.38. The molecule has 0 aliphatic carbocycles. The molecule has 3 rings (SSSR count). The van der Waals surface area contributed by atoms with Crippen molar-refractivity contribution in [3.05, 3.63) is 35.9 Å². The summed E-state index contributed by atoms with van der Waals surface area (Å²) in [6.45, 7) is 7.01. The van der Waals surface area contributed by atoms with Crippen molar-refractivity contribution in [2.75, 3.05) is 46.6 Å². The third kappa shape index (κ3) is 4.21. The molecule has 1 aromatic heterocycles. The summed E-state index contributed by atoms with van der Waals surface area (Å²) < 4.78 is 16.3. The Morgan fingerprint density at radius 1 is 1.12 bits per heavy atom. The molecule has 2 heterocycles. The summed E-state index contributed by atoms with van der Waals surface area (Å²) in [4.78, 5) is 2.33. The van der Waals surface area contributed by atoms with Crippen molar-refractivity contribution in [1.29, 1.82) is 0 Å². The van der Waals surface area contributed by atoms with Crippen molar-refractivity contribution in [3.8, 4) is 22.9 Å². The molecule has 1 aliphatic heterocycles. The molecule has 0 bridgehead atoms. The van der Waals surface area contributed by atoms with E-state index in [0.717, 1.165) is 55.4 Å². The van der Waals surface area contributed by atoms with Crippen LogP contribution in [0.3, 0.4) is 0 Å². The van der Waals surface area contributed by atoms with Crippen molar-refractivity contribution < 1.29 is 14.2 Å². The summed E-state index contributed by atoms with van der Waals surface area (Å²) in [6.07, 6.45) is 0. The number of methoxy groups -OCH3 is 1. The van der Waals surface area contributed by atoms with Crippen LogP contribution in [0.15, 0.2) is 30.3 Å². The average Bonchev–Trinajstić information content (AvgIpc) is 2.64. The molecule has 1 saturated heterocycles. The molecule has 0 N–H and O–H groups in total. The highest BCUT2D eigenvalue weighted by atomic mass is 16.5. The van der Waals surface area contributed by atoms with Crippen LogP contribution in [-0.4, -0.2) is 61.7 Å². The van der Waals surface area contributed by atoms with E-state index in [1.165, 1.54) is 0 Å². The molecule has 0 unspecified atom stereocenters. The Labute approximate surface area is 142 Å². The minimum atomic E-state index is 0.598. The molecule has 1 aliphatic rings. The average molecular weight is 329 g/mol. The number of hydrogen-bond acceptors (Lipinski definition) is 6. The summed E-state index contributed by atoms with van der Waals surface area (Å²) in [5.74, 6) is 1.42. The predicted octanol–water partition coefficient (Wildman–Crippen LogP) is 2.17. The standard InChI is InChI=1S/C18H23N3O3/c1-14-13-17(15-3-5-16(22-2)6-4-15)19-20-18(14)24-12-9-21-7-10-23-11-8-21/h3-6,13H,7-12H2,1-2H3. The van der Waals surface area contributed by atoms with Crippen molar-refractivity contribution >= 4 is 0 Å². The second-order valence-corrected chi connectivity index (χ2v) is 5.75. The predicted molar refractivity (Wildman–Crippen MR) is 91.5 cm³/mol. The number of hydrogen-bond donors (Lipinski definition) is 0. The first-order chi connectivity index (χ1) is 11.8. The van der Waals surface area contributed by atoms with Gasteiger partial charge in [0.15, 0.2) is 0 Å². The van der Waals surface area contributed by atoms with Crippen LogP contribution in [-0.2, 0) is 4.74 Å². The van der Waals surface area contributed by atoms with Gasteiger partial charge < -0.3 is 14.2 Å². The van der Waals surface area contributed by atoms with Crippen LogP contribution in [0.5, 0.6) is 11.6 Å². The summed E-state index contributed by atoms with van der Waals surface area (Å²) >= 11 is 0. The van der Waals surface area contributed by atoms with Gasteiger partial charge in [-0.15, -0.1) is 10.2 Å². The number of morpholine rings is 1. The zero-order chi connectivity index (χ0) is 16.8. The van der Waals surface area contributed by atoms with Gasteiger partial charge in [0.25, 0.3) is 0 Å². The maximum atomic E-state index is 5.79. The van der Waals surface area contributed by atoms with Gasteiger partial charge in [-0.3, -0.25) is 4.90 Å². The fourth-order valence-electron chi connectivity index (χ4n) is 2.62. The third-order valence-electron chi connectivity index (χ3n) is 4.07.